The smallest absolute Gasteiger partial charge is 0.338 e. The van der Waals surface area contributed by atoms with E-state index in [0.29, 0.717) is 0 Å². The SMILES string of the molecule is Cl.Cl.Cl.O=C(O)c1c(Br)c(C(=O)O)c(Br)c(C(=O)O)c1Br. The van der Waals surface area contributed by atoms with Crippen LogP contribution in [-0.2, 0) is 0 Å². The fourth-order valence-corrected chi connectivity index (χ4v) is 4.23. The summed E-state index contributed by atoms with van der Waals surface area (Å²) < 4.78 is -0.649. The third-order valence-electron chi connectivity index (χ3n) is 1.96. The Kier molecular flexibility index (Phi) is 12.1. The molecule has 0 radical (unpaired) electrons. The first-order valence-electron chi connectivity index (χ1n) is 4.10. The second-order valence-corrected chi connectivity index (χ2v) is 5.36. The molecule has 1 aromatic rings. The van der Waals surface area contributed by atoms with E-state index < -0.39 is 34.6 Å². The third kappa shape index (κ3) is 4.97. The Labute approximate surface area is 161 Å². The Bertz CT molecular complexity index is 491. The molecule has 0 heterocycles. The van der Waals surface area contributed by atoms with E-state index >= 15 is 0 Å². The lowest BCUT2D eigenvalue weighted by molar-refractivity contribution is 0.0694. The van der Waals surface area contributed by atoms with Crippen LogP contribution < -0.4 is 0 Å². The van der Waals surface area contributed by atoms with E-state index in [1.807, 2.05) is 0 Å². The van der Waals surface area contributed by atoms with Crippen molar-refractivity contribution in [2.24, 2.45) is 0 Å². The van der Waals surface area contributed by atoms with Crippen LogP contribution >= 0.6 is 85.0 Å². The topological polar surface area (TPSA) is 112 Å². The van der Waals surface area contributed by atoms with Crippen LogP contribution in [0.3, 0.4) is 0 Å². The van der Waals surface area contributed by atoms with Gasteiger partial charge in [0.05, 0.1) is 16.7 Å². The van der Waals surface area contributed by atoms with E-state index in [2.05, 4.69) is 47.8 Å². The van der Waals surface area contributed by atoms with Crippen LogP contribution in [0.15, 0.2) is 13.4 Å². The van der Waals surface area contributed by atoms with Crippen LogP contribution in [0.5, 0.6) is 0 Å². The summed E-state index contributed by atoms with van der Waals surface area (Å²) in [6.45, 7) is 0. The molecule has 0 saturated carbocycles. The minimum atomic E-state index is -1.45. The molecular formula is C9H6Br3Cl3O6. The number of carbonyl (C=O) groups is 3. The second-order valence-electron chi connectivity index (χ2n) is 2.98. The minimum absolute atomic E-state index is 0. The number of aromatic carboxylic acids is 3. The molecule has 0 atom stereocenters. The summed E-state index contributed by atoms with van der Waals surface area (Å²) in [5.41, 5.74) is -1.39. The first-order valence-corrected chi connectivity index (χ1v) is 6.48. The highest BCUT2D eigenvalue weighted by atomic mass is 79.9. The van der Waals surface area contributed by atoms with Crippen LogP contribution in [-0.4, -0.2) is 33.2 Å². The molecule has 6 nitrogen and oxygen atoms in total. The molecule has 0 fully saturated rings. The molecule has 120 valence electrons. The number of hydrogen-bond donors (Lipinski definition) is 3. The second kappa shape index (κ2) is 9.86. The summed E-state index contributed by atoms with van der Waals surface area (Å²) in [6, 6.07) is 0. The van der Waals surface area contributed by atoms with Crippen molar-refractivity contribution in [3.8, 4) is 0 Å². The van der Waals surface area contributed by atoms with Crippen molar-refractivity contribution in [1.82, 2.24) is 0 Å². The first-order chi connectivity index (χ1) is 8.20. The molecule has 0 unspecified atom stereocenters. The van der Waals surface area contributed by atoms with Crippen LogP contribution in [0.1, 0.15) is 31.1 Å². The fourth-order valence-electron chi connectivity index (χ4n) is 1.23. The summed E-state index contributed by atoms with van der Waals surface area (Å²) >= 11 is 8.56. The molecule has 0 aliphatic heterocycles. The predicted octanol–water partition coefficient (Wildman–Crippen LogP) is 4.33. The Morgan fingerprint density at radius 2 is 0.714 bits per heavy atom. The molecule has 3 N–H and O–H groups in total. The van der Waals surface area contributed by atoms with E-state index in [4.69, 9.17) is 15.3 Å². The molecule has 0 aliphatic rings. The van der Waals surface area contributed by atoms with Crippen molar-refractivity contribution >= 4 is 103 Å². The van der Waals surface area contributed by atoms with E-state index in [-0.39, 0.29) is 50.6 Å². The number of carboxylic acids is 3. The van der Waals surface area contributed by atoms with Gasteiger partial charge in [-0.25, -0.2) is 14.4 Å². The van der Waals surface area contributed by atoms with Gasteiger partial charge in [0.25, 0.3) is 0 Å². The van der Waals surface area contributed by atoms with Crippen LogP contribution in [0.25, 0.3) is 0 Å². The zero-order chi connectivity index (χ0) is 14.2. The zero-order valence-electron chi connectivity index (χ0n) is 9.43. The molecule has 1 rings (SSSR count). The van der Waals surface area contributed by atoms with Gasteiger partial charge < -0.3 is 15.3 Å². The molecule has 0 aliphatic carbocycles. The molecule has 0 amide bonds. The summed E-state index contributed by atoms with van der Waals surface area (Å²) in [5.74, 6) is -4.36. The lowest BCUT2D eigenvalue weighted by atomic mass is 10.1. The summed E-state index contributed by atoms with van der Waals surface area (Å²) in [6.07, 6.45) is 0. The van der Waals surface area contributed by atoms with Gasteiger partial charge >= 0.3 is 17.9 Å². The molecule has 0 aromatic heterocycles. The Balaban J connectivity index is -0.00000108. The van der Waals surface area contributed by atoms with E-state index in [0.717, 1.165) is 0 Å². The highest BCUT2D eigenvalue weighted by Gasteiger charge is 2.30. The lowest BCUT2D eigenvalue weighted by Gasteiger charge is -2.12. The maximum atomic E-state index is 11.0. The number of rotatable bonds is 3. The van der Waals surface area contributed by atoms with Gasteiger partial charge in [-0.1, -0.05) is 0 Å². The standard InChI is InChI=1S/C9H3Br3O6.3ClH/c10-4-1(7(13)14)5(11)3(9(17)18)6(12)2(4)8(15)16;;;/h(H,13,14)(H,15,16)(H,17,18);3*1H. The van der Waals surface area contributed by atoms with Crippen LogP contribution in [0.4, 0.5) is 0 Å². The van der Waals surface area contributed by atoms with Crippen molar-refractivity contribution in [3.63, 3.8) is 0 Å². The lowest BCUT2D eigenvalue weighted by Crippen LogP contribution is -2.13. The van der Waals surface area contributed by atoms with E-state index in [1.165, 1.54) is 0 Å². The van der Waals surface area contributed by atoms with Gasteiger partial charge in [0.1, 0.15) is 0 Å². The minimum Gasteiger partial charge on any atom is -0.478 e. The summed E-state index contributed by atoms with van der Waals surface area (Å²) in [7, 11) is 0. The van der Waals surface area contributed by atoms with Gasteiger partial charge in [-0.2, -0.15) is 0 Å². The van der Waals surface area contributed by atoms with Crippen molar-refractivity contribution in [3.05, 3.63) is 30.1 Å². The Hall–Kier alpha value is -0.0600. The summed E-state index contributed by atoms with van der Waals surface area (Å²) in [4.78, 5) is 33.1. The molecule has 1 aromatic carbocycles. The van der Waals surface area contributed by atoms with Gasteiger partial charge in [0, 0.05) is 13.4 Å². The zero-order valence-corrected chi connectivity index (χ0v) is 16.6. The quantitative estimate of drug-likeness (QED) is 0.511. The van der Waals surface area contributed by atoms with Crippen molar-refractivity contribution in [2.75, 3.05) is 0 Å². The molecule has 0 bridgehead atoms. The molecular weight excluding hydrogens is 550 g/mol. The monoisotopic (exact) mass is 552 g/mol. The van der Waals surface area contributed by atoms with E-state index in [9.17, 15) is 14.4 Å². The number of halogens is 6. The van der Waals surface area contributed by atoms with E-state index in [1.54, 1.807) is 0 Å². The normalized spacial score (nSPS) is 8.71. The maximum absolute atomic E-state index is 11.0. The predicted molar refractivity (Wildman–Crippen MR) is 92.2 cm³/mol. The fraction of sp³-hybridized carbons (Fsp3) is 0. The van der Waals surface area contributed by atoms with Gasteiger partial charge in [-0.3, -0.25) is 0 Å². The average Bonchev–Trinajstić information content (AvgIpc) is 2.14. The van der Waals surface area contributed by atoms with Gasteiger partial charge in [0.15, 0.2) is 0 Å². The molecule has 0 spiro atoms. The summed E-state index contributed by atoms with van der Waals surface area (Å²) in [5, 5.41) is 27.0. The highest BCUT2D eigenvalue weighted by molar-refractivity contribution is 9.11. The first kappa shape index (κ1) is 25.9. The Morgan fingerprint density at radius 1 is 0.571 bits per heavy atom. The number of carboxylic acid groups (broad SMARTS) is 3. The van der Waals surface area contributed by atoms with Crippen LogP contribution in [0.2, 0.25) is 0 Å². The van der Waals surface area contributed by atoms with Gasteiger partial charge in [-0.15, -0.1) is 37.2 Å². The van der Waals surface area contributed by atoms with Crippen molar-refractivity contribution < 1.29 is 29.7 Å². The molecule has 0 saturated heterocycles. The Morgan fingerprint density at radius 3 is 0.810 bits per heavy atom. The van der Waals surface area contributed by atoms with Crippen LogP contribution in [0, 0.1) is 0 Å². The number of benzene rings is 1. The largest absolute Gasteiger partial charge is 0.478 e. The average molecular weight is 556 g/mol. The van der Waals surface area contributed by atoms with Crippen molar-refractivity contribution in [1.29, 1.82) is 0 Å². The molecule has 12 heteroatoms. The third-order valence-corrected chi connectivity index (χ3v) is 4.34. The van der Waals surface area contributed by atoms with Gasteiger partial charge in [-0.05, 0) is 47.8 Å². The van der Waals surface area contributed by atoms with Gasteiger partial charge in [0.2, 0.25) is 0 Å². The number of hydrogen-bond acceptors (Lipinski definition) is 3. The van der Waals surface area contributed by atoms with Crippen molar-refractivity contribution in [2.45, 2.75) is 0 Å². The highest BCUT2D eigenvalue weighted by Crippen LogP contribution is 2.38. The maximum Gasteiger partial charge on any atom is 0.338 e. The molecule has 21 heavy (non-hydrogen) atoms.